The highest BCUT2D eigenvalue weighted by molar-refractivity contribution is 9.10. The number of benzene rings is 2. The van der Waals surface area contributed by atoms with Crippen LogP contribution in [0, 0.1) is 0 Å². The normalized spacial score (nSPS) is 11.3. The molecule has 0 aliphatic rings. The lowest BCUT2D eigenvalue weighted by Gasteiger charge is -2.10. The summed E-state index contributed by atoms with van der Waals surface area (Å²) in [7, 11) is 1.40. The minimum Gasteiger partial charge on any atom is -0.465 e. The number of carbonyl (C=O) groups excluding carboxylic acids is 1. The molecule has 0 N–H and O–H groups in total. The van der Waals surface area contributed by atoms with Crippen LogP contribution in [-0.4, -0.2) is 13.1 Å². The Kier molecular flexibility index (Phi) is 6.60. The second-order valence-electron chi connectivity index (χ2n) is 5.39. The lowest BCUT2D eigenvalue weighted by Crippen LogP contribution is -2.01. The summed E-state index contributed by atoms with van der Waals surface area (Å²) in [5.41, 5.74) is 4.28. The highest BCUT2D eigenvalue weighted by atomic mass is 79.9. The van der Waals surface area contributed by atoms with Gasteiger partial charge in [0.15, 0.2) is 0 Å². The zero-order valence-corrected chi connectivity index (χ0v) is 15.1. The van der Waals surface area contributed by atoms with E-state index in [9.17, 15) is 4.79 Å². The highest BCUT2D eigenvalue weighted by Crippen LogP contribution is 2.23. The third-order valence-electron chi connectivity index (χ3n) is 3.66. The minimum atomic E-state index is -0.302. The number of esters is 1. The van der Waals surface area contributed by atoms with E-state index >= 15 is 0 Å². The van der Waals surface area contributed by atoms with Gasteiger partial charge in [0, 0.05) is 4.47 Å². The van der Waals surface area contributed by atoms with Crippen LogP contribution in [0.1, 0.15) is 41.3 Å². The maximum atomic E-state index is 11.5. The molecular formula is C20H21BrO2. The Bertz CT molecular complexity index is 670. The lowest BCUT2D eigenvalue weighted by molar-refractivity contribution is 0.0600. The first-order chi connectivity index (χ1) is 11.1. The first-order valence-electron chi connectivity index (χ1n) is 7.76. The van der Waals surface area contributed by atoms with E-state index in [1.165, 1.54) is 18.2 Å². The summed E-state index contributed by atoms with van der Waals surface area (Å²) in [6, 6.07) is 16.0. The van der Waals surface area contributed by atoms with Gasteiger partial charge < -0.3 is 4.74 Å². The molecule has 0 atom stereocenters. The average molecular weight is 373 g/mol. The summed E-state index contributed by atoms with van der Waals surface area (Å²) in [5.74, 6) is -0.302. The molecular weight excluding hydrogens is 352 g/mol. The Labute approximate surface area is 146 Å². The molecule has 0 unspecified atom stereocenters. The van der Waals surface area contributed by atoms with Crippen LogP contribution in [0.2, 0.25) is 0 Å². The summed E-state index contributed by atoms with van der Waals surface area (Å²) in [6.45, 7) is 2.17. The number of hydrogen-bond donors (Lipinski definition) is 0. The van der Waals surface area contributed by atoms with Crippen molar-refractivity contribution in [3.05, 3.63) is 75.8 Å². The van der Waals surface area contributed by atoms with Crippen LogP contribution in [0.3, 0.4) is 0 Å². The molecule has 0 saturated carbocycles. The number of ether oxygens (including phenoxy) is 1. The van der Waals surface area contributed by atoms with Gasteiger partial charge in [-0.2, -0.15) is 0 Å². The zero-order chi connectivity index (χ0) is 16.7. The van der Waals surface area contributed by atoms with E-state index in [1.54, 1.807) is 0 Å². The third-order valence-corrected chi connectivity index (χ3v) is 4.19. The molecule has 0 amide bonds. The van der Waals surface area contributed by atoms with Crippen molar-refractivity contribution in [2.24, 2.45) is 0 Å². The second-order valence-corrected chi connectivity index (χ2v) is 6.31. The third kappa shape index (κ3) is 5.07. The first kappa shape index (κ1) is 17.5. The van der Waals surface area contributed by atoms with Gasteiger partial charge >= 0.3 is 5.97 Å². The number of hydrogen-bond acceptors (Lipinski definition) is 2. The smallest absolute Gasteiger partial charge is 0.337 e. The fourth-order valence-corrected chi connectivity index (χ4v) is 2.64. The van der Waals surface area contributed by atoms with Crippen LogP contribution < -0.4 is 0 Å². The Morgan fingerprint density at radius 1 is 1.04 bits per heavy atom. The Balaban J connectivity index is 2.24. The molecule has 2 nitrogen and oxygen atoms in total. The standard InChI is InChI=1S/C20H21BrO2/c1-3-4-5-18(14-15-6-12-19(21)13-7-15)16-8-10-17(11-9-16)20(22)23-2/h5-13H,3-4,14H2,1-2H3. The number of carbonyl (C=O) groups is 1. The molecule has 0 aliphatic carbocycles. The van der Waals surface area contributed by atoms with Gasteiger partial charge in [-0.25, -0.2) is 4.79 Å². The Morgan fingerprint density at radius 3 is 2.22 bits per heavy atom. The van der Waals surface area contributed by atoms with E-state index in [0.29, 0.717) is 5.56 Å². The molecule has 0 bridgehead atoms. The number of methoxy groups -OCH3 is 1. The predicted octanol–water partition coefficient (Wildman–Crippen LogP) is 5.66. The fourth-order valence-electron chi connectivity index (χ4n) is 2.37. The van der Waals surface area contributed by atoms with Gasteiger partial charge in [-0.3, -0.25) is 0 Å². The highest BCUT2D eigenvalue weighted by Gasteiger charge is 2.07. The molecule has 2 aromatic rings. The number of rotatable bonds is 6. The molecule has 23 heavy (non-hydrogen) atoms. The summed E-state index contributed by atoms with van der Waals surface area (Å²) in [5, 5.41) is 0. The van der Waals surface area contributed by atoms with Crippen LogP contribution in [0.4, 0.5) is 0 Å². The molecule has 2 aromatic carbocycles. The van der Waals surface area contributed by atoms with Crippen molar-refractivity contribution in [3.63, 3.8) is 0 Å². The van der Waals surface area contributed by atoms with E-state index in [-0.39, 0.29) is 5.97 Å². The molecule has 0 heterocycles. The van der Waals surface area contributed by atoms with Crippen molar-refractivity contribution < 1.29 is 9.53 Å². The van der Waals surface area contributed by atoms with Gasteiger partial charge in [0.25, 0.3) is 0 Å². The van der Waals surface area contributed by atoms with E-state index in [0.717, 1.165) is 29.3 Å². The van der Waals surface area contributed by atoms with Crippen molar-refractivity contribution >= 4 is 27.5 Å². The lowest BCUT2D eigenvalue weighted by atomic mass is 9.96. The summed E-state index contributed by atoms with van der Waals surface area (Å²) in [6.07, 6.45) is 5.33. The summed E-state index contributed by atoms with van der Waals surface area (Å²) in [4.78, 5) is 11.5. The van der Waals surface area contributed by atoms with E-state index < -0.39 is 0 Å². The van der Waals surface area contributed by atoms with Crippen LogP contribution in [0.25, 0.3) is 5.57 Å². The van der Waals surface area contributed by atoms with Crippen molar-refractivity contribution in [1.29, 1.82) is 0 Å². The number of unbranched alkanes of at least 4 members (excludes halogenated alkanes) is 1. The van der Waals surface area contributed by atoms with E-state index in [2.05, 4.69) is 53.2 Å². The van der Waals surface area contributed by atoms with Crippen LogP contribution >= 0.6 is 15.9 Å². The van der Waals surface area contributed by atoms with Gasteiger partial charge in [-0.1, -0.05) is 59.6 Å². The summed E-state index contributed by atoms with van der Waals surface area (Å²) >= 11 is 3.47. The van der Waals surface area contributed by atoms with Gasteiger partial charge in [0.1, 0.15) is 0 Å². The monoisotopic (exact) mass is 372 g/mol. The van der Waals surface area contributed by atoms with Crippen molar-refractivity contribution in [1.82, 2.24) is 0 Å². The fraction of sp³-hybridized carbons (Fsp3) is 0.250. The van der Waals surface area contributed by atoms with Crippen LogP contribution in [0.5, 0.6) is 0 Å². The van der Waals surface area contributed by atoms with Crippen LogP contribution in [0.15, 0.2) is 59.1 Å². The molecule has 0 spiro atoms. The van der Waals surface area contributed by atoms with Crippen molar-refractivity contribution in [2.75, 3.05) is 7.11 Å². The average Bonchev–Trinajstić information content (AvgIpc) is 2.59. The van der Waals surface area contributed by atoms with Gasteiger partial charge in [0.2, 0.25) is 0 Å². The number of allylic oxidation sites excluding steroid dienone is 2. The largest absolute Gasteiger partial charge is 0.465 e. The zero-order valence-electron chi connectivity index (χ0n) is 13.5. The molecule has 120 valence electrons. The topological polar surface area (TPSA) is 26.3 Å². The molecule has 0 aliphatic heterocycles. The molecule has 2 rings (SSSR count). The Hall–Kier alpha value is -1.87. The SMILES string of the molecule is CCCC=C(Cc1ccc(Br)cc1)c1ccc(C(=O)OC)cc1. The van der Waals surface area contributed by atoms with E-state index in [4.69, 9.17) is 4.74 Å². The second kappa shape index (κ2) is 8.68. The molecule has 0 fully saturated rings. The van der Waals surface area contributed by atoms with Gasteiger partial charge in [0.05, 0.1) is 12.7 Å². The molecule has 0 aromatic heterocycles. The maximum Gasteiger partial charge on any atom is 0.337 e. The van der Waals surface area contributed by atoms with Crippen LogP contribution in [-0.2, 0) is 11.2 Å². The predicted molar refractivity (Wildman–Crippen MR) is 98.5 cm³/mol. The molecule has 0 radical (unpaired) electrons. The van der Waals surface area contributed by atoms with Gasteiger partial charge in [-0.05, 0) is 53.8 Å². The quantitative estimate of drug-likeness (QED) is 0.611. The summed E-state index contributed by atoms with van der Waals surface area (Å²) < 4.78 is 5.84. The maximum absolute atomic E-state index is 11.5. The van der Waals surface area contributed by atoms with E-state index in [1.807, 2.05) is 24.3 Å². The number of halogens is 1. The van der Waals surface area contributed by atoms with Gasteiger partial charge in [-0.15, -0.1) is 0 Å². The molecule has 0 saturated heterocycles. The Morgan fingerprint density at radius 2 is 1.65 bits per heavy atom. The minimum absolute atomic E-state index is 0.302. The first-order valence-corrected chi connectivity index (χ1v) is 8.55. The van der Waals surface area contributed by atoms with Crippen molar-refractivity contribution in [2.45, 2.75) is 26.2 Å². The van der Waals surface area contributed by atoms with Crippen molar-refractivity contribution in [3.8, 4) is 0 Å². The molecule has 3 heteroatoms.